The van der Waals surface area contributed by atoms with Crippen molar-refractivity contribution in [3.05, 3.63) is 113 Å². The van der Waals surface area contributed by atoms with E-state index in [9.17, 15) is 9.59 Å². The highest BCUT2D eigenvalue weighted by molar-refractivity contribution is 6.04. The summed E-state index contributed by atoms with van der Waals surface area (Å²) in [6.07, 6.45) is 1.22. The Labute approximate surface area is 222 Å². The number of carbonyl (C=O) groups is 2. The van der Waals surface area contributed by atoms with E-state index in [4.69, 9.17) is 9.47 Å². The fourth-order valence-electron chi connectivity index (χ4n) is 5.91. The highest BCUT2D eigenvalue weighted by Crippen LogP contribution is 2.51. The lowest BCUT2D eigenvalue weighted by atomic mass is 9.71. The molecule has 0 saturated carbocycles. The van der Waals surface area contributed by atoms with E-state index in [0.29, 0.717) is 24.5 Å². The van der Waals surface area contributed by atoms with Gasteiger partial charge in [-0.3, -0.25) is 9.59 Å². The van der Waals surface area contributed by atoms with E-state index in [1.165, 1.54) is 12.5 Å². The van der Waals surface area contributed by atoms with E-state index in [1.807, 2.05) is 49.4 Å². The standard InChI is InChI=1S/C33H29NO4/c1-3-37-30-19-23(14-16-29(30)38-20(2)35)31-32-25-12-8-7-11-22(25)13-15-26(32)34-27-17-24(18-28(36)33(27)31)21-9-5-4-6-10-21/h4-16,19,24,31,34H,3,17-18H2,1-2H3/t24-,31-/m0/s1. The zero-order valence-corrected chi connectivity index (χ0v) is 21.5. The SMILES string of the molecule is CCOc1cc([C@@H]2C3=C(C[C@H](c4ccccc4)CC3=O)Nc3ccc4ccccc4c32)ccc1OC(C)=O. The number of nitrogens with one attached hydrogen (secondary N) is 1. The normalized spacial score (nSPS) is 18.4. The molecule has 0 fully saturated rings. The number of Topliss-reactive ketones (excluding diaryl/α,β-unsaturated/α-hetero) is 1. The summed E-state index contributed by atoms with van der Waals surface area (Å²) in [5, 5.41) is 5.88. The average Bonchev–Trinajstić information content (AvgIpc) is 2.93. The maximum absolute atomic E-state index is 14.0. The van der Waals surface area contributed by atoms with Crippen LogP contribution in [0.4, 0.5) is 5.69 Å². The number of carbonyl (C=O) groups excluding carboxylic acids is 2. The largest absolute Gasteiger partial charge is 0.490 e. The molecule has 1 aliphatic carbocycles. The Morgan fingerprint density at radius 2 is 1.68 bits per heavy atom. The molecule has 0 radical (unpaired) electrons. The molecule has 4 aromatic rings. The van der Waals surface area contributed by atoms with Gasteiger partial charge in [0.2, 0.25) is 0 Å². The van der Waals surface area contributed by atoms with Crippen molar-refractivity contribution in [2.45, 2.75) is 38.5 Å². The van der Waals surface area contributed by atoms with Crippen molar-refractivity contribution in [2.75, 3.05) is 11.9 Å². The van der Waals surface area contributed by atoms with Gasteiger partial charge in [0.25, 0.3) is 0 Å². The van der Waals surface area contributed by atoms with Crippen molar-refractivity contribution in [2.24, 2.45) is 0 Å². The van der Waals surface area contributed by atoms with Crippen LogP contribution in [0.3, 0.4) is 0 Å². The van der Waals surface area contributed by atoms with Crippen molar-refractivity contribution in [1.29, 1.82) is 0 Å². The fourth-order valence-corrected chi connectivity index (χ4v) is 5.91. The topological polar surface area (TPSA) is 64.6 Å². The summed E-state index contributed by atoms with van der Waals surface area (Å²) in [5.41, 5.74) is 5.99. The number of hydrogen-bond acceptors (Lipinski definition) is 5. The number of ether oxygens (including phenoxy) is 2. The van der Waals surface area contributed by atoms with Crippen LogP contribution in [0.15, 0.2) is 96.2 Å². The number of esters is 1. The van der Waals surface area contributed by atoms with Crippen molar-refractivity contribution in [1.82, 2.24) is 0 Å². The van der Waals surface area contributed by atoms with Gasteiger partial charge in [-0.05, 0) is 64.9 Å². The van der Waals surface area contributed by atoms with E-state index >= 15 is 0 Å². The van der Waals surface area contributed by atoms with Gasteiger partial charge in [0, 0.05) is 36.2 Å². The van der Waals surface area contributed by atoms with Crippen LogP contribution >= 0.6 is 0 Å². The van der Waals surface area contributed by atoms with Gasteiger partial charge in [0.15, 0.2) is 17.3 Å². The highest BCUT2D eigenvalue weighted by atomic mass is 16.6. The van der Waals surface area contributed by atoms with Crippen molar-refractivity contribution < 1.29 is 19.1 Å². The minimum absolute atomic E-state index is 0.128. The second-order valence-corrected chi connectivity index (χ2v) is 9.87. The van der Waals surface area contributed by atoms with Gasteiger partial charge in [-0.15, -0.1) is 0 Å². The van der Waals surface area contributed by atoms with Gasteiger partial charge in [-0.1, -0.05) is 66.7 Å². The van der Waals surface area contributed by atoms with E-state index in [1.54, 1.807) is 6.07 Å². The maximum Gasteiger partial charge on any atom is 0.308 e. The van der Waals surface area contributed by atoms with Crippen LogP contribution in [0.5, 0.6) is 11.5 Å². The van der Waals surface area contributed by atoms with Gasteiger partial charge >= 0.3 is 5.97 Å². The molecule has 6 rings (SSSR count). The van der Waals surface area contributed by atoms with Gasteiger partial charge in [-0.2, -0.15) is 0 Å². The lowest BCUT2D eigenvalue weighted by molar-refractivity contribution is -0.132. The zero-order valence-electron chi connectivity index (χ0n) is 21.5. The van der Waals surface area contributed by atoms with Crippen LogP contribution in [-0.2, 0) is 9.59 Å². The van der Waals surface area contributed by atoms with Crippen molar-refractivity contribution >= 4 is 28.2 Å². The molecule has 2 atom stereocenters. The number of rotatable bonds is 5. The van der Waals surface area contributed by atoms with Crippen LogP contribution in [-0.4, -0.2) is 18.4 Å². The molecule has 4 aromatic carbocycles. The van der Waals surface area contributed by atoms with Crippen molar-refractivity contribution in [3.63, 3.8) is 0 Å². The molecule has 190 valence electrons. The van der Waals surface area contributed by atoms with Gasteiger partial charge in [0.1, 0.15) is 0 Å². The Bertz CT molecular complexity index is 1590. The Morgan fingerprint density at radius 3 is 2.47 bits per heavy atom. The number of fused-ring (bicyclic) bond motifs is 3. The Hall–Kier alpha value is -4.38. The Balaban J connectivity index is 1.54. The summed E-state index contributed by atoms with van der Waals surface area (Å²) in [6.45, 7) is 3.70. The Morgan fingerprint density at radius 1 is 0.895 bits per heavy atom. The molecule has 5 nitrogen and oxygen atoms in total. The van der Waals surface area contributed by atoms with Crippen LogP contribution in [0.25, 0.3) is 10.8 Å². The van der Waals surface area contributed by atoms with E-state index in [0.717, 1.165) is 45.3 Å². The molecule has 1 heterocycles. The number of benzene rings is 4. The molecule has 0 aromatic heterocycles. The molecule has 2 aliphatic rings. The van der Waals surface area contributed by atoms with Crippen LogP contribution in [0.1, 0.15) is 55.2 Å². The monoisotopic (exact) mass is 503 g/mol. The lowest BCUT2D eigenvalue weighted by Crippen LogP contribution is -2.30. The first kappa shape index (κ1) is 24.0. The Kier molecular flexibility index (Phi) is 6.20. The summed E-state index contributed by atoms with van der Waals surface area (Å²) < 4.78 is 11.3. The van der Waals surface area contributed by atoms with Crippen LogP contribution < -0.4 is 14.8 Å². The highest BCUT2D eigenvalue weighted by Gasteiger charge is 2.39. The summed E-state index contributed by atoms with van der Waals surface area (Å²) in [4.78, 5) is 25.7. The van der Waals surface area contributed by atoms with Gasteiger partial charge < -0.3 is 14.8 Å². The maximum atomic E-state index is 14.0. The quantitative estimate of drug-likeness (QED) is 0.232. The van der Waals surface area contributed by atoms with Gasteiger partial charge in [0.05, 0.1) is 6.61 Å². The lowest BCUT2D eigenvalue weighted by Gasteiger charge is -2.37. The first-order valence-corrected chi connectivity index (χ1v) is 13.1. The number of anilines is 1. The first-order valence-electron chi connectivity index (χ1n) is 13.1. The third-order valence-electron chi connectivity index (χ3n) is 7.47. The predicted molar refractivity (Wildman–Crippen MR) is 149 cm³/mol. The minimum atomic E-state index is -0.406. The summed E-state index contributed by atoms with van der Waals surface area (Å²) in [5.74, 6) is 0.469. The number of hydrogen-bond donors (Lipinski definition) is 1. The number of ketones is 1. The molecule has 0 spiro atoms. The fraction of sp³-hybridized carbons (Fsp3) is 0.212. The second-order valence-electron chi connectivity index (χ2n) is 9.87. The van der Waals surface area contributed by atoms with E-state index in [2.05, 4.69) is 41.7 Å². The summed E-state index contributed by atoms with van der Waals surface area (Å²) in [6, 6.07) is 28.4. The second kappa shape index (κ2) is 9.82. The van der Waals surface area contributed by atoms with Crippen LogP contribution in [0.2, 0.25) is 0 Å². The average molecular weight is 504 g/mol. The molecule has 38 heavy (non-hydrogen) atoms. The zero-order chi connectivity index (χ0) is 26.2. The first-order chi connectivity index (χ1) is 18.5. The predicted octanol–water partition coefficient (Wildman–Crippen LogP) is 7.12. The molecule has 5 heteroatoms. The minimum Gasteiger partial charge on any atom is -0.490 e. The summed E-state index contributed by atoms with van der Waals surface area (Å²) >= 11 is 0. The molecule has 1 aliphatic heterocycles. The molecule has 0 unspecified atom stereocenters. The van der Waals surface area contributed by atoms with Gasteiger partial charge in [-0.25, -0.2) is 0 Å². The van der Waals surface area contributed by atoms with Crippen molar-refractivity contribution in [3.8, 4) is 11.5 Å². The molecular formula is C33H29NO4. The third-order valence-corrected chi connectivity index (χ3v) is 7.47. The number of allylic oxidation sites excluding steroid dienone is 2. The van der Waals surface area contributed by atoms with E-state index < -0.39 is 5.97 Å². The van der Waals surface area contributed by atoms with E-state index in [-0.39, 0.29) is 17.6 Å². The smallest absolute Gasteiger partial charge is 0.308 e. The van der Waals surface area contributed by atoms with Crippen LogP contribution in [0, 0.1) is 0 Å². The molecular weight excluding hydrogens is 474 g/mol. The molecule has 0 bridgehead atoms. The molecule has 1 N–H and O–H groups in total. The summed E-state index contributed by atoms with van der Waals surface area (Å²) in [7, 11) is 0. The molecule has 0 saturated heterocycles. The molecule has 0 amide bonds. The third kappa shape index (κ3) is 4.24.